The molecule has 7 heteroatoms. The number of nitrogens with two attached hydrogens (primary N) is 1. The first-order valence-electron chi connectivity index (χ1n) is 6.88. The molecule has 0 radical (unpaired) electrons. The molecular weight excluding hydrogens is 340 g/mol. The van der Waals surface area contributed by atoms with E-state index in [1.807, 2.05) is 6.07 Å². The first kappa shape index (κ1) is 14.6. The van der Waals surface area contributed by atoms with Gasteiger partial charge in [0.05, 0.1) is 10.6 Å². The van der Waals surface area contributed by atoms with E-state index in [0.29, 0.717) is 18.0 Å². The van der Waals surface area contributed by atoms with Crippen LogP contribution in [0.15, 0.2) is 16.6 Å². The fourth-order valence-electron chi connectivity index (χ4n) is 2.59. The van der Waals surface area contributed by atoms with Crippen LogP contribution in [0.2, 0.25) is 0 Å². The Morgan fingerprint density at radius 1 is 1.48 bits per heavy atom. The number of halogens is 1. The molecule has 1 saturated heterocycles. The molecule has 1 fully saturated rings. The number of amides is 1. The van der Waals surface area contributed by atoms with Crippen molar-refractivity contribution in [2.75, 3.05) is 19.9 Å². The summed E-state index contributed by atoms with van der Waals surface area (Å²) in [7, 11) is 0. The summed E-state index contributed by atoms with van der Waals surface area (Å²) in [5.74, 6) is 0.837. The number of rotatable bonds is 5. The highest BCUT2D eigenvalue weighted by Gasteiger charge is 2.25. The molecule has 2 unspecified atom stereocenters. The van der Waals surface area contributed by atoms with Crippen LogP contribution in [0.25, 0.3) is 0 Å². The summed E-state index contributed by atoms with van der Waals surface area (Å²) in [6, 6.07) is 3.02. The average Bonchev–Trinajstić information content (AvgIpc) is 3.09. The third-order valence-corrected chi connectivity index (χ3v) is 4.23. The summed E-state index contributed by atoms with van der Waals surface area (Å²) >= 11 is 3.42. The first-order chi connectivity index (χ1) is 10.1. The van der Waals surface area contributed by atoms with Gasteiger partial charge < -0.3 is 19.9 Å². The summed E-state index contributed by atoms with van der Waals surface area (Å²) in [4.78, 5) is 11.7. The highest BCUT2D eigenvalue weighted by molar-refractivity contribution is 9.10. The summed E-state index contributed by atoms with van der Waals surface area (Å²) in [5.41, 5.74) is 6.27. The van der Waals surface area contributed by atoms with Crippen molar-refractivity contribution in [1.82, 2.24) is 5.32 Å². The lowest BCUT2D eigenvalue weighted by Gasteiger charge is -2.19. The van der Waals surface area contributed by atoms with E-state index >= 15 is 0 Å². The Bertz CT molecular complexity index is 546. The van der Waals surface area contributed by atoms with E-state index in [1.54, 1.807) is 6.07 Å². The van der Waals surface area contributed by atoms with Gasteiger partial charge in [-0.05, 0) is 46.5 Å². The maximum absolute atomic E-state index is 11.7. The van der Waals surface area contributed by atoms with E-state index in [-0.39, 0.29) is 12.9 Å². The minimum absolute atomic E-state index is 0.143. The molecule has 1 aromatic rings. The molecular formula is C14H17BrN2O4. The fraction of sp³-hybridized carbons (Fsp3) is 0.500. The molecule has 3 N–H and O–H groups in total. The van der Waals surface area contributed by atoms with Gasteiger partial charge in [0.2, 0.25) is 12.7 Å². The van der Waals surface area contributed by atoms with Crippen LogP contribution < -0.4 is 20.5 Å². The van der Waals surface area contributed by atoms with Crippen molar-refractivity contribution >= 4 is 21.8 Å². The molecule has 2 heterocycles. The van der Waals surface area contributed by atoms with Gasteiger partial charge in [0.15, 0.2) is 11.5 Å². The van der Waals surface area contributed by atoms with Gasteiger partial charge in [-0.25, -0.2) is 0 Å². The van der Waals surface area contributed by atoms with Gasteiger partial charge in [0.25, 0.3) is 0 Å². The number of nitrogens with one attached hydrogen (secondary N) is 1. The number of primary amides is 1. The van der Waals surface area contributed by atoms with E-state index in [4.69, 9.17) is 19.9 Å². The minimum atomic E-state index is -0.583. The van der Waals surface area contributed by atoms with Crippen LogP contribution in [0.3, 0.4) is 0 Å². The summed E-state index contributed by atoms with van der Waals surface area (Å²) in [5, 5.41) is 3.18. The molecule has 0 aromatic heterocycles. The first-order valence-corrected chi connectivity index (χ1v) is 7.68. The molecule has 2 atom stereocenters. The zero-order valence-electron chi connectivity index (χ0n) is 11.4. The van der Waals surface area contributed by atoms with Crippen LogP contribution in [0.4, 0.5) is 0 Å². The lowest BCUT2D eigenvalue weighted by atomic mass is 10.1. The summed E-state index contributed by atoms with van der Waals surface area (Å²) in [6.07, 6.45) is 2.20. The topological polar surface area (TPSA) is 82.8 Å². The Hall–Kier alpha value is -1.31. The number of hydrogen-bond donors (Lipinski definition) is 2. The highest BCUT2D eigenvalue weighted by Crippen LogP contribution is 2.41. The third-order valence-electron chi connectivity index (χ3n) is 3.64. The normalized spacial score (nSPS) is 21.5. The van der Waals surface area contributed by atoms with Gasteiger partial charge >= 0.3 is 0 Å². The van der Waals surface area contributed by atoms with Crippen LogP contribution in [-0.4, -0.2) is 32.0 Å². The molecule has 0 spiro atoms. The van der Waals surface area contributed by atoms with E-state index in [2.05, 4.69) is 21.2 Å². The fourth-order valence-corrected chi connectivity index (χ4v) is 3.17. The lowest BCUT2D eigenvalue weighted by molar-refractivity contribution is -0.120. The highest BCUT2D eigenvalue weighted by atomic mass is 79.9. The molecule has 1 aromatic carbocycles. The van der Waals surface area contributed by atoms with Crippen molar-refractivity contribution in [2.24, 2.45) is 5.73 Å². The van der Waals surface area contributed by atoms with E-state index in [9.17, 15) is 4.79 Å². The van der Waals surface area contributed by atoms with Crippen LogP contribution in [0.1, 0.15) is 24.4 Å². The number of carbonyl (C=O) groups excluding carboxylic acids is 1. The molecule has 2 aliphatic rings. The molecule has 1 amide bonds. The Morgan fingerprint density at radius 3 is 3.05 bits per heavy atom. The Labute approximate surface area is 131 Å². The van der Waals surface area contributed by atoms with Crippen LogP contribution >= 0.6 is 15.9 Å². The largest absolute Gasteiger partial charge is 0.454 e. The van der Waals surface area contributed by atoms with Crippen LogP contribution in [-0.2, 0) is 9.53 Å². The molecule has 21 heavy (non-hydrogen) atoms. The van der Waals surface area contributed by atoms with Crippen molar-refractivity contribution in [1.29, 1.82) is 0 Å². The molecule has 6 nitrogen and oxygen atoms in total. The predicted octanol–water partition coefficient (Wildman–Crippen LogP) is 1.47. The second-order valence-corrected chi connectivity index (χ2v) is 5.97. The van der Waals surface area contributed by atoms with Gasteiger partial charge in [-0.1, -0.05) is 0 Å². The van der Waals surface area contributed by atoms with Crippen molar-refractivity contribution < 1.29 is 19.0 Å². The standard InChI is InChI=1S/C14H17BrN2O4/c15-10-4-8(5-11-13(10)21-7-20-11)12(14(16)18)17-6-9-2-1-3-19-9/h4-5,9,12,17H,1-3,6-7H2,(H2,16,18). The Balaban J connectivity index is 1.77. The van der Waals surface area contributed by atoms with E-state index < -0.39 is 11.9 Å². The molecule has 0 aliphatic carbocycles. The van der Waals surface area contributed by atoms with Crippen molar-refractivity contribution in [3.05, 3.63) is 22.2 Å². The van der Waals surface area contributed by atoms with Crippen LogP contribution in [0, 0.1) is 0 Å². The Morgan fingerprint density at radius 2 is 2.33 bits per heavy atom. The quantitative estimate of drug-likeness (QED) is 0.834. The number of hydrogen-bond acceptors (Lipinski definition) is 5. The molecule has 2 aliphatic heterocycles. The smallest absolute Gasteiger partial charge is 0.239 e. The minimum Gasteiger partial charge on any atom is -0.454 e. The summed E-state index contributed by atoms with van der Waals surface area (Å²) in [6.45, 7) is 1.56. The van der Waals surface area contributed by atoms with Crippen molar-refractivity contribution in [3.63, 3.8) is 0 Å². The molecule has 3 rings (SSSR count). The Kier molecular flexibility index (Phi) is 4.32. The number of carbonyl (C=O) groups is 1. The SMILES string of the molecule is NC(=O)C(NCC1CCCO1)c1cc(Br)c2c(c1)OCO2. The van der Waals surface area contributed by atoms with E-state index in [1.165, 1.54) is 0 Å². The van der Waals surface area contributed by atoms with Gasteiger partial charge in [-0.15, -0.1) is 0 Å². The van der Waals surface area contributed by atoms with Gasteiger partial charge in [0, 0.05) is 13.2 Å². The van der Waals surface area contributed by atoms with E-state index in [0.717, 1.165) is 29.5 Å². The maximum atomic E-state index is 11.7. The van der Waals surface area contributed by atoms with Crippen molar-refractivity contribution in [2.45, 2.75) is 25.0 Å². The lowest BCUT2D eigenvalue weighted by Crippen LogP contribution is -2.37. The van der Waals surface area contributed by atoms with Crippen LogP contribution in [0.5, 0.6) is 11.5 Å². The molecule has 0 bridgehead atoms. The van der Waals surface area contributed by atoms with Gasteiger partial charge in [-0.2, -0.15) is 0 Å². The van der Waals surface area contributed by atoms with Crippen molar-refractivity contribution in [3.8, 4) is 11.5 Å². The maximum Gasteiger partial charge on any atom is 0.239 e. The second kappa shape index (κ2) is 6.21. The number of fused-ring (bicyclic) bond motifs is 1. The monoisotopic (exact) mass is 356 g/mol. The zero-order chi connectivity index (χ0) is 14.8. The third kappa shape index (κ3) is 3.14. The summed E-state index contributed by atoms with van der Waals surface area (Å²) < 4.78 is 17.0. The molecule has 114 valence electrons. The second-order valence-electron chi connectivity index (χ2n) is 5.12. The predicted molar refractivity (Wildman–Crippen MR) is 79.2 cm³/mol. The number of ether oxygens (including phenoxy) is 3. The average molecular weight is 357 g/mol. The van der Waals surface area contributed by atoms with Gasteiger partial charge in [0.1, 0.15) is 6.04 Å². The number of benzene rings is 1. The van der Waals surface area contributed by atoms with Gasteiger partial charge in [-0.3, -0.25) is 10.1 Å². The molecule has 0 saturated carbocycles. The zero-order valence-corrected chi connectivity index (χ0v) is 13.0.